The number of hydrogen-bond acceptors (Lipinski definition) is 0. The van der Waals surface area contributed by atoms with Crippen molar-refractivity contribution < 1.29 is 0 Å². The van der Waals surface area contributed by atoms with Gasteiger partial charge in [-0.1, -0.05) is 303 Å². The zero-order valence-corrected chi connectivity index (χ0v) is 46.1. The summed E-state index contributed by atoms with van der Waals surface area (Å²) in [5, 5.41) is 4.53. The number of benzene rings is 3. The van der Waals surface area contributed by atoms with E-state index < -0.39 is 24.2 Å². The van der Waals surface area contributed by atoms with Gasteiger partial charge in [0.2, 0.25) is 0 Å². The minimum atomic E-state index is -1.46. The van der Waals surface area contributed by atoms with Crippen LogP contribution in [0.4, 0.5) is 0 Å². The zero-order valence-electron chi connectivity index (χ0n) is 43.1. The molecule has 0 atom stereocenters. The molecule has 3 aromatic carbocycles. The van der Waals surface area contributed by atoms with Crippen molar-refractivity contribution in [2.45, 2.75) is 196 Å². The van der Waals surface area contributed by atoms with Gasteiger partial charge < -0.3 is 0 Å². The van der Waals surface area contributed by atoms with Gasteiger partial charge >= 0.3 is 0 Å². The van der Waals surface area contributed by atoms with Gasteiger partial charge in [0.05, 0.1) is 8.07 Å². The highest BCUT2D eigenvalue weighted by Gasteiger charge is 2.42. The van der Waals surface area contributed by atoms with Crippen LogP contribution in [0.2, 0.25) is 58.9 Å². The van der Waals surface area contributed by atoms with Crippen molar-refractivity contribution in [3.05, 3.63) is 91.0 Å². The van der Waals surface area contributed by atoms with Crippen LogP contribution in [0.1, 0.15) is 137 Å². The largest absolute Gasteiger partial charge is 0.112 e. The molecule has 3 aromatic rings. The Morgan fingerprint density at radius 3 is 0.661 bits per heavy atom. The van der Waals surface area contributed by atoms with Crippen molar-refractivity contribution in [1.29, 1.82) is 0 Å². The fourth-order valence-corrected chi connectivity index (χ4v) is 7.77. The summed E-state index contributed by atoms with van der Waals surface area (Å²) in [7, 11) is -3.10. The van der Waals surface area contributed by atoms with Crippen LogP contribution in [-0.2, 0) is 0 Å². The summed E-state index contributed by atoms with van der Waals surface area (Å²) in [6, 6.07) is 32.5. The number of hydrogen-bond donors (Lipinski definition) is 0. The second-order valence-electron chi connectivity index (χ2n) is 24.5. The molecule has 0 aliphatic rings. The monoisotopic (exact) mass is 821 g/mol. The summed E-state index contributed by atoms with van der Waals surface area (Å²) in [6.45, 7) is 62.5. The molecule has 0 saturated heterocycles. The number of rotatable bonds is 5. The van der Waals surface area contributed by atoms with E-state index in [9.17, 15) is 0 Å². The third kappa shape index (κ3) is 25.6. The first kappa shape index (κ1) is 58.6. The van der Waals surface area contributed by atoms with Crippen molar-refractivity contribution in [2.75, 3.05) is 0 Å². The molecule has 3 heteroatoms. The van der Waals surface area contributed by atoms with Gasteiger partial charge in [-0.05, 0) is 32.5 Å². The molecule has 0 unspecified atom stereocenters. The second-order valence-corrected chi connectivity index (χ2v) is 40.0. The highest BCUT2D eigenvalue weighted by Crippen LogP contribution is 2.50. The molecular weight excluding hydrogens is 721 g/mol. The van der Waals surface area contributed by atoms with Crippen molar-refractivity contribution in [3.63, 3.8) is 0 Å². The van der Waals surface area contributed by atoms with E-state index in [0.717, 1.165) is 0 Å². The van der Waals surface area contributed by atoms with E-state index in [0.29, 0.717) is 32.5 Å². The molecule has 0 N–H and O–H groups in total. The maximum Gasteiger partial charge on any atom is 0.112 e. The van der Waals surface area contributed by atoms with Crippen molar-refractivity contribution in [2.24, 2.45) is 32.5 Å². The van der Waals surface area contributed by atoms with Crippen LogP contribution in [0.5, 0.6) is 0 Å². The van der Waals surface area contributed by atoms with E-state index in [-0.39, 0.29) is 0 Å². The average molecular weight is 822 g/mol. The topological polar surface area (TPSA) is 0 Å². The normalized spacial score (nSPS) is 12.7. The fraction of sp³-hybridized carbons (Fsp3) is 0.660. The van der Waals surface area contributed by atoms with Gasteiger partial charge in [-0.15, -0.1) is 0 Å². The van der Waals surface area contributed by atoms with Gasteiger partial charge in [0.15, 0.2) is 0 Å². The highest BCUT2D eigenvalue weighted by atomic mass is 28.3. The lowest BCUT2D eigenvalue weighted by atomic mass is 9.56. The van der Waals surface area contributed by atoms with Crippen LogP contribution in [0, 0.1) is 32.5 Å². The Morgan fingerprint density at radius 2 is 0.554 bits per heavy atom. The Labute approximate surface area is 357 Å². The lowest BCUT2D eigenvalue weighted by Crippen LogP contribution is -2.52. The SMILES string of the molecule is CC(C)(C)C(C)(C)C.CC(C)(C)C(C)(C)C(C)(C)C.CCC(C)(C)CC.C[Si](C)(C)C.C[Si](C)(C)c1ccccc1.C[Si](C)(c1ccccc1)c1ccccc1. The predicted octanol–water partition coefficient (Wildman–Crippen LogP) is 16.7. The Kier molecular flexibility index (Phi) is 24.9. The van der Waals surface area contributed by atoms with Gasteiger partial charge in [-0.2, -0.15) is 0 Å². The third-order valence-electron chi connectivity index (χ3n) is 12.5. The van der Waals surface area contributed by atoms with Crippen LogP contribution >= 0.6 is 0 Å². The van der Waals surface area contributed by atoms with Crippen LogP contribution in [0.25, 0.3) is 0 Å². The third-order valence-corrected chi connectivity index (χ3v) is 18.2. The molecule has 0 bridgehead atoms. The molecule has 0 saturated carbocycles. The first-order valence-electron chi connectivity index (χ1n) is 21.9. The maximum atomic E-state index is 2.40. The Bertz CT molecular complexity index is 1310. The highest BCUT2D eigenvalue weighted by molar-refractivity contribution is 7.00. The molecule has 56 heavy (non-hydrogen) atoms. The average Bonchev–Trinajstić information content (AvgIpc) is 3.04. The smallest absolute Gasteiger partial charge is 0.0697 e. The Morgan fingerprint density at radius 1 is 0.339 bits per heavy atom. The molecule has 3 rings (SSSR count). The van der Waals surface area contributed by atoms with E-state index in [1.54, 1.807) is 0 Å². The van der Waals surface area contributed by atoms with E-state index in [1.165, 1.54) is 28.4 Å². The zero-order chi connectivity index (χ0) is 45.3. The minimum Gasteiger partial charge on any atom is -0.0697 e. The summed E-state index contributed by atoms with van der Waals surface area (Å²) in [5.74, 6) is 0. The minimum absolute atomic E-state index is 0.375. The molecule has 0 aliphatic heterocycles. The van der Waals surface area contributed by atoms with Gasteiger partial charge in [-0.3, -0.25) is 0 Å². The molecule has 0 fully saturated rings. The molecule has 0 amide bonds. The van der Waals surface area contributed by atoms with E-state index >= 15 is 0 Å². The van der Waals surface area contributed by atoms with E-state index in [4.69, 9.17) is 0 Å². The van der Waals surface area contributed by atoms with E-state index in [2.05, 4.69) is 275 Å². The van der Waals surface area contributed by atoms with Gasteiger partial charge in [-0.25, -0.2) is 0 Å². The Balaban J connectivity index is -0.000000624. The molecule has 0 spiro atoms. The van der Waals surface area contributed by atoms with Crippen LogP contribution < -0.4 is 15.6 Å². The van der Waals surface area contributed by atoms with Gasteiger partial charge in [0.25, 0.3) is 0 Å². The van der Waals surface area contributed by atoms with Gasteiger partial charge in [0.1, 0.15) is 8.07 Å². The van der Waals surface area contributed by atoms with Crippen LogP contribution in [-0.4, -0.2) is 24.2 Å². The lowest BCUT2D eigenvalue weighted by Gasteiger charge is -2.49. The maximum absolute atomic E-state index is 2.40. The van der Waals surface area contributed by atoms with Gasteiger partial charge in [0, 0.05) is 8.07 Å². The first-order chi connectivity index (χ1) is 24.7. The molecule has 0 heterocycles. The summed E-state index contributed by atoms with van der Waals surface area (Å²) in [5.41, 5.74) is 2.59. The van der Waals surface area contributed by atoms with Crippen molar-refractivity contribution in [3.8, 4) is 0 Å². The lowest BCUT2D eigenvalue weighted by molar-refractivity contribution is 0.00575. The standard InChI is InChI=1S/C14H16Si.C11H24.C9H14Si.C8H18.C7H16.C4H12Si/c1-15(2,13-9-5-3-6-10-13)14-11-7-4-8-12-14;1-9(2,3)11(7,8)10(4,5)6;1-10(2,3)9-7-5-4-6-8-9;1-7(2,3)8(4,5)6;1-5-7(3,4)6-2;1-5(2,3)4/h3-12H,1-2H3;1-8H3;4-8H,1-3H3;1-6H3;5-6H2,1-4H3;1-4H3. The molecule has 0 aromatic heterocycles. The molecule has 0 nitrogen and oxygen atoms in total. The van der Waals surface area contributed by atoms with Crippen LogP contribution in [0.15, 0.2) is 91.0 Å². The van der Waals surface area contributed by atoms with E-state index in [1.807, 2.05) is 0 Å². The Hall–Kier alpha value is -1.69. The van der Waals surface area contributed by atoms with Crippen molar-refractivity contribution >= 4 is 39.8 Å². The summed E-state index contributed by atoms with van der Waals surface area (Å²) >= 11 is 0. The summed E-state index contributed by atoms with van der Waals surface area (Å²) in [4.78, 5) is 0. The quantitative estimate of drug-likeness (QED) is 0.225. The van der Waals surface area contributed by atoms with Crippen molar-refractivity contribution in [1.82, 2.24) is 0 Å². The predicted molar refractivity (Wildman–Crippen MR) is 274 cm³/mol. The fourth-order valence-electron chi connectivity index (χ4n) is 4.19. The van der Waals surface area contributed by atoms with Crippen LogP contribution in [0.3, 0.4) is 0 Å². The molecule has 0 aliphatic carbocycles. The molecule has 324 valence electrons. The molecular formula is C53H100Si3. The summed E-state index contributed by atoms with van der Waals surface area (Å²) < 4.78 is 0. The molecule has 0 radical (unpaired) electrons. The summed E-state index contributed by atoms with van der Waals surface area (Å²) in [6.07, 6.45) is 2.59. The first-order valence-corrected chi connectivity index (χ1v) is 32.4. The second kappa shape index (κ2) is 23.8.